The molecule has 0 aliphatic rings. The molecule has 0 aliphatic heterocycles. The van der Waals surface area contributed by atoms with E-state index in [1.165, 1.54) is 39.0 Å². The Hall–Kier alpha value is -1.06. The molecule has 0 saturated carbocycles. The Balaban J connectivity index is 4.24. The van der Waals surface area contributed by atoms with Crippen LogP contribution in [0.2, 0.25) is 0 Å². The summed E-state index contributed by atoms with van der Waals surface area (Å²) in [5, 5.41) is 9.31. The lowest BCUT2D eigenvalue weighted by molar-refractivity contribution is -0.167. The van der Waals surface area contributed by atoms with Gasteiger partial charge in [-0.05, 0) is 12.8 Å². The molecule has 0 aliphatic carbocycles. The molecule has 0 heterocycles. The Bertz CT molecular complexity index is 301. The van der Waals surface area contributed by atoms with Gasteiger partial charge in [-0.3, -0.25) is 4.79 Å². The van der Waals surface area contributed by atoms with Gasteiger partial charge in [-0.1, -0.05) is 71.6 Å². The third kappa shape index (κ3) is 10.6. The molecule has 130 valence electrons. The highest BCUT2D eigenvalue weighted by atomic mass is 16.6. The summed E-state index contributed by atoms with van der Waals surface area (Å²) in [7, 11) is 0. The van der Waals surface area contributed by atoms with E-state index >= 15 is 0 Å². The number of ether oxygens (including phenoxy) is 1. The van der Waals surface area contributed by atoms with Crippen molar-refractivity contribution in [1.29, 1.82) is 0 Å². The lowest BCUT2D eigenvalue weighted by Gasteiger charge is -2.23. The van der Waals surface area contributed by atoms with Crippen molar-refractivity contribution < 1.29 is 19.4 Å². The lowest BCUT2D eigenvalue weighted by Crippen LogP contribution is -2.34. The maximum absolute atomic E-state index is 11.4. The smallest absolute Gasteiger partial charge is 0.345 e. The van der Waals surface area contributed by atoms with Gasteiger partial charge < -0.3 is 9.84 Å². The Kier molecular flexibility index (Phi) is 12.9. The molecule has 2 atom stereocenters. The Morgan fingerprint density at radius 3 is 1.86 bits per heavy atom. The highest BCUT2D eigenvalue weighted by molar-refractivity contribution is 5.77. The summed E-state index contributed by atoms with van der Waals surface area (Å²) >= 11 is 0. The Morgan fingerprint density at radius 1 is 0.864 bits per heavy atom. The number of carboxylic acid groups (broad SMARTS) is 1. The number of hydrogen-bond acceptors (Lipinski definition) is 3. The Labute approximate surface area is 135 Å². The lowest BCUT2D eigenvalue weighted by atomic mass is 9.90. The van der Waals surface area contributed by atoms with E-state index < -0.39 is 18.0 Å². The monoisotopic (exact) mass is 314 g/mol. The van der Waals surface area contributed by atoms with Crippen LogP contribution in [-0.4, -0.2) is 23.1 Å². The third-order valence-corrected chi connectivity index (χ3v) is 4.07. The average molecular weight is 314 g/mol. The van der Waals surface area contributed by atoms with Gasteiger partial charge in [0.05, 0.1) is 0 Å². The second-order valence-electron chi connectivity index (χ2n) is 6.18. The van der Waals surface area contributed by atoms with Crippen LogP contribution < -0.4 is 0 Å². The number of carbonyl (C=O) groups is 2. The second kappa shape index (κ2) is 13.6. The van der Waals surface area contributed by atoms with Gasteiger partial charge in [-0.2, -0.15) is 0 Å². The molecule has 4 heteroatoms. The van der Waals surface area contributed by atoms with Crippen molar-refractivity contribution in [2.24, 2.45) is 5.92 Å². The van der Waals surface area contributed by atoms with E-state index in [-0.39, 0.29) is 5.92 Å². The van der Waals surface area contributed by atoms with Crippen LogP contribution in [0.1, 0.15) is 91.4 Å². The van der Waals surface area contributed by atoms with E-state index in [1.54, 1.807) is 0 Å². The molecular formula is C18H34O4. The molecule has 0 fully saturated rings. The summed E-state index contributed by atoms with van der Waals surface area (Å²) in [6, 6.07) is 0. The van der Waals surface area contributed by atoms with Crippen molar-refractivity contribution in [3.8, 4) is 0 Å². The topological polar surface area (TPSA) is 63.6 Å². The summed E-state index contributed by atoms with van der Waals surface area (Å²) < 4.78 is 5.04. The zero-order chi connectivity index (χ0) is 16.8. The first-order valence-corrected chi connectivity index (χ1v) is 8.92. The minimum Gasteiger partial charge on any atom is -0.478 e. The molecule has 0 spiro atoms. The van der Waals surface area contributed by atoms with Gasteiger partial charge in [0.1, 0.15) is 0 Å². The van der Waals surface area contributed by atoms with Gasteiger partial charge >= 0.3 is 11.9 Å². The molecule has 0 amide bonds. The van der Waals surface area contributed by atoms with Crippen LogP contribution in [-0.2, 0) is 14.3 Å². The Morgan fingerprint density at radius 2 is 1.36 bits per heavy atom. The first kappa shape index (κ1) is 20.9. The van der Waals surface area contributed by atoms with Crippen molar-refractivity contribution in [2.75, 3.05) is 0 Å². The number of esters is 1. The molecule has 0 bridgehead atoms. The molecule has 0 saturated heterocycles. The standard InChI is InChI=1S/C18H34O4/c1-4-6-8-9-10-11-12-14-16(13-7-5-2)17(18(20)21)22-15(3)19/h16-17H,4-14H2,1-3H3,(H,20,21). The number of rotatable bonds is 14. The predicted molar refractivity (Wildman–Crippen MR) is 88.8 cm³/mol. The van der Waals surface area contributed by atoms with Crippen LogP contribution in [0.25, 0.3) is 0 Å². The molecule has 2 unspecified atom stereocenters. The third-order valence-electron chi connectivity index (χ3n) is 4.07. The van der Waals surface area contributed by atoms with Gasteiger partial charge in [0, 0.05) is 12.8 Å². The number of aliphatic carboxylic acids is 1. The summed E-state index contributed by atoms with van der Waals surface area (Å²) in [5.74, 6) is -1.58. The molecule has 22 heavy (non-hydrogen) atoms. The molecule has 0 rings (SSSR count). The normalized spacial score (nSPS) is 13.6. The summed E-state index contributed by atoms with van der Waals surface area (Å²) in [6.07, 6.45) is 11.1. The predicted octanol–water partition coefficient (Wildman–Crippen LogP) is 4.95. The van der Waals surface area contributed by atoms with Gasteiger partial charge in [0.25, 0.3) is 0 Å². The molecule has 0 aromatic heterocycles. The highest BCUT2D eigenvalue weighted by Gasteiger charge is 2.30. The minimum atomic E-state index is -1.01. The first-order chi connectivity index (χ1) is 10.5. The fraction of sp³-hybridized carbons (Fsp3) is 0.889. The van der Waals surface area contributed by atoms with E-state index in [1.807, 2.05) is 0 Å². The van der Waals surface area contributed by atoms with E-state index in [4.69, 9.17) is 4.74 Å². The van der Waals surface area contributed by atoms with Crippen molar-refractivity contribution in [1.82, 2.24) is 0 Å². The van der Waals surface area contributed by atoms with Crippen molar-refractivity contribution >= 4 is 11.9 Å². The molecule has 0 aromatic carbocycles. The quantitative estimate of drug-likeness (QED) is 0.364. The zero-order valence-corrected chi connectivity index (χ0v) is 14.6. The fourth-order valence-corrected chi connectivity index (χ4v) is 2.80. The maximum Gasteiger partial charge on any atom is 0.345 e. The van der Waals surface area contributed by atoms with Crippen molar-refractivity contribution in [3.05, 3.63) is 0 Å². The molecular weight excluding hydrogens is 280 g/mol. The average Bonchev–Trinajstić information content (AvgIpc) is 2.47. The largest absolute Gasteiger partial charge is 0.478 e. The van der Waals surface area contributed by atoms with E-state index in [9.17, 15) is 14.7 Å². The zero-order valence-electron chi connectivity index (χ0n) is 14.6. The van der Waals surface area contributed by atoms with Crippen LogP contribution in [0.15, 0.2) is 0 Å². The van der Waals surface area contributed by atoms with Crippen LogP contribution in [0.4, 0.5) is 0 Å². The van der Waals surface area contributed by atoms with Gasteiger partial charge in [-0.15, -0.1) is 0 Å². The molecule has 0 radical (unpaired) electrons. The van der Waals surface area contributed by atoms with Gasteiger partial charge in [-0.25, -0.2) is 4.79 Å². The summed E-state index contributed by atoms with van der Waals surface area (Å²) in [6.45, 7) is 5.58. The van der Waals surface area contributed by atoms with Crippen molar-refractivity contribution in [2.45, 2.75) is 97.5 Å². The van der Waals surface area contributed by atoms with E-state index in [2.05, 4.69) is 13.8 Å². The fourth-order valence-electron chi connectivity index (χ4n) is 2.80. The first-order valence-electron chi connectivity index (χ1n) is 8.92. The van der Waals surface area contributed by atoms with Crippen LogP contribution in [0, 0.1) is 5.92 Å². The number of carboxylic acids is 1. The number of unbranched alkanes of at least 4 members (excludes halogenated alkanes) is 7. The van der Waals surface area contributed by atoms with E-state index in [0.717, 1.165) is 38.5 Å². The van der Waals surface area contributed by atoms with Crippen molar-refractivity contribution in [3.63, 3.8) is 0 Å². The maximum atomic E-state index is 11.4. The summed E-state index contributed by atoms with van der Waals surface area (Å²) in [4.78, 5) is 22.5. The van der Waals surface area contributed by atoms with Crippen LogP contribution in [0.3, 0.4) is 0 Å². The molecule has 0 aromatic rings. The second-order valence-corrected chi connectivity index (χ2v) is 6.18. The summed E-state index contributed by atoms with van der Waals surface area (Å²) in [5.41, 5.74) is 0. The SMILES string of the molecule is CCCCCCCCCC(CCCC)C(OC(C)=O)C(=O)O. The highest BCUT2D eigenvalue weighted by Crippen LogP contribution is 2.24. The molecule has 1 N–H and O–H groups in total. The van der Waals surface area contributed by atoms with Crippen LogP contribution in [0.5, 0.6) is 0 Å². The minimum absolute atomic E-state index is 0.0583. The number of hydrogen-bond donors (Lipinski definition) is 1. The number of carbonyl (C=O) groups excluding carboxylic acids is 1. The molecule has 4 nitrogen and oxygen atoms in total. The van der Waals surface area contributed by atoms with Gasteiger partial charge in [0.15, 0.2) is 0 Å². The van der Waals surface area contributed by atoms with Crippen LogP contribution >= 0.6 is 0 Å². The van der Waals surface area contributed by atoms with E-state index in [0.29, 0.717) is 0 Å². The van der Waals surface area contributed by atoms with Gasteiger partial charge in [0.2, 0.25) is 6.10 Å².